The molecule has 0 fully saturated rings. The standard InChI is InChI=1S/C23H33N5O3/c1-5-11-28(12-6-2)20-15-21(27-25-17-19-9-7-8-18(3)14-19)26-22(16-20)31-13-10-24-23(29)30-4/h7-9,14-17H,5-6,10-13H2,1-4H3,(H,24,29)(H,26,27)/b25-17+. The van der Waals surface area contributed by atoms with Crippen molar-refractivity contribution in [1.82, 2.24) is 10.3 Å². The van der Waals surface area contributed by atoms with Crippen molar-refractivity contribution in [3.63, 3.8) is 0 Å². The van der Waals surface area contributed by atoms with E-state index < -0.39 is 6.09 Å². The first-order valence-corrected chi connectivity index (χ1v) is 10.6. The number of hydrogen-bond donors (Lipinski definition) is 2. The molecule has 0 aliphatic heterocycles. The lowest BCUT2D eigenvalue weighted by Gasteiger charge is -2.24. The van der Waals surface area contributed by atoms with Gasteiger partial charge in [0.15, 0.2) is 5.82 Å². The highest BCUT2D eigenvalue weighted by Gasteiger charge is 2.10. The number of hydrogen-bond acceptors (Lipinski definition) is 7. The Morgan fingerprint density at radius 1 is 1.19 bits per heavy atom. The number of carbonyl (C=O) groups is 1. The number of alkyl carbamates (subject to hydrolysis) is 1. The molecule has 1 aromatic heterocycles. The summed E-state index contributed by atoms with van der Waals surface area (Å²) >= 11 is 0. The number of nitrogens with one attached hydrogen (secondary N) is 2. The molecule has 0 spiro atoms. The zero-order valence-corrected chi connectivity index (χ0v) is 18.9. The van der Waals surface area contributed by atoms with Crippen LogP contribution in [-0.2, 0) is 4.74 Å². The molecule has 1 heterocycles. The maximum absolute atomic E-state index is 11.2. The van der Waals surface area contributed by atoms with Crippen molar-refractivity contribution in [2.24, 2.45) is 5.10 Å². The molecule has 0 aliphatic carbocycles. The third-order valence-corrected chi connectivity index (χ3v) is 4.38. The van der Waals surface area contributed by atoms with E-state index in [1.54, 1.807) is 6.21 Å². The second-order valence-corrected chi connectivity index (χ2v) is 7.09. The van der Waals surface area contributed by atoms with E-state index in [0.29, 0.717) is 18.2 Å². The van der Waals surface area contributed by atoms with Crippen LogP contribution in [0.2, 0.25) is 0 Å². The normalized spacial score (nSPS) is 10.7. The fraction of sp³-hybridized carbons (Fsp3) is 0.435. The molecule has 8 nitrogen and oxygen atoms in total. The van der Waals surface area contributed by atoms with Gasteiger partial charge in [0.2, 0.25) is 5.88 Å². The van der Waals surface area contributed by atoms with Crippen molar-refractivity contribution in [1.29, 1.82) is 0 Å². The average molecular weight is 428 g/mol. The highest BCUT2D eigenvalue weighted by atomic mass is 16.5. The van der Waals surface area contributed by atoms with E-state index >= 15 is 0 Å². The Balaban J connectivity index is 2.15. The molecule has 2 rings (SSSR count). The molecule has 0 aliphatic rings. The van der Waals surface area contributed by atoms with Gasteiger partial charge in [0.25, 0.3) is 0 Å². The van der Waals surface area contributed by atoms with Gasteiger partial charge in [-0.3, -0.25) is 5.43 Å². The Hall–Kier alpha value is -3.29. The van der Waals surface area contributed by atoms with Crippen LogP contribution in [-0.4, -0.2) is 50.6 Å². The summed E-state index contributed by atoms with van der Waals surface area (Å²) in [6.07, 6.45) is 3.35. The molecule has 0 unspecified atom stereocenters. The number of hydrazone groups is 1. The fourth-order valence-electron chi connectivity index (χ4n) is 3.02. The average Bonchev–Trinajstić information content (AvgIpc) is 2.76. The van der Waals surface area contributed by atoms with Crippen LogP contribution in [0.1, 0.15) is 37.8 Å². The first kappa shape index (κ1) is 24.0. The Morgan fingerprint density at radius 3 is 2.65 bits per heavy atom. The highest BCUT2D eigenvalue weighted by Crippen LogP contribution is 2.24. The Labute approximate surface area is 184 Å². The molecule has 0 atom stereocenters. The molecule has 31 heavy (non-hydrogen) atoms. The Bertz CT molecular complexity index is 851. The minimum atomic E-state index is -0.491. The molecule has 1 amide bonds. The van der Waals surface area contributed by atoms with E-state index in [-0.39, 0.29) is 6.61 Å². The molecule has 168 valence electrons. The van der Waals surface area contributed by atoms with Gasteiger partial charge in [0, 0.05) is 30.9 Å². The van der Waals surface area contributed by atoms with Crippen LogP contribution in [0.25, 0.3) is 0 Å². The molecule has 8 heteroatoms. The zero-order chi connectivity index (χ0) is 22.5. The van der Waals surface area contributed by atoms with Crippen LogP contribution in [0.3, 0.4) is 0 Å². The zero-order valence-electron chi connectivity index (χ0n) is 18.9. The number of rotatable bonds is 12. The second-order valence-electron chi connectivity index (χ2n) is 7.09. The van der Waals surface area contributed by atoms with Crippen LogP contribution in [0.15, 0.2) is 41.5 Å². The van der Waals surface area contributed by atoms with Crippen LogP contribution >= 0.6 is 0 Å². The van der Waals surface area contributed by atoms with Crippen LogP contribution < -0.4 is 20.4 Å². The van der Waals surface area contributed by atoms with E-state index in [0.717, 1.165) is 37.2 Å². The van der Waals surface area contributed by atoms with Gasteiger partial charge >= 0.3 is 6.09 Å². The molecule has 2 aromatic rings. The number of benzene rings is 1. The molecule has 2 N–H and O–H groups in total. The van der Waals surface area contributed by atoms with Gasteiger partial charge < -0.3 is 19.7 Å². The van der Waals surface area contributed by atoms with E-state index in [4.69, 9.17) is 4.74 Å². The largest absolute Gasteiger partial charge is 0.476 e. The molecule has 0 radical (unpaired) electrons. The third-order valence-electron chi connectivity index (χ3n) is 4.38. The summed E-state index contributed by atoms with van der Waals surface area (Å²) in [6, 6.07) is 12.0. The predicted molar refractivity (Wildman–Crippen MR) is 125 cm³/mol. The van der Waals surface area contributed by atoms with Gasteiger partial charge in [-0.2, -0.15) is 10.1 Å². The van der Waals surface area contributed by atoms with E-state index in [1.165, 1.54) is 12.7 Å². The quantitative estimate of drug-likeness (QED) is 0.300. The third kappa shape index (κ3) is 8.54. The Kier molecular flexibility index (Phi) is 10.1. The number of amides is 1. The van der Waals surface area contributed by atoms with Crippen molar-refractivity contribution in [3.8, 4) is 5.88 Å². The van der Waals surface area contributed by atoms with Gasteiger partial charge in [0.1, 0.15) is 6.61 Å². The number of aryl methyl sites for hydroxylation is 1. The number of methoxy groups -OCH3 is 1. The Morgan fingerprint density at radius 2 is 1.97 bits per heavy atom. The summed E-state index contributed by atoms with van der Waals surface area (Å²) in [5.74, 6) is 1.06. The molecular weight excluding hydrogens is 394 g/mol. The summed E-state index contributed by atoms with van der Waals surface area (Å²) in [7, 11) is 1.33. The van der Waals surface area contributed by atoms with E-state index in [9.17, 15) is 4.79 Å². The minimum absolute atomic E-state index is 0.277. The molecule has 1 aromatic carbocycles. The fourth-order valence-corrected chi connectivity index (χ4v) is 3.02. The van der Waals surface area contributed by atoms with Crippen molar-refractivity contribution in [2.75, 3.05) is 43.7 Å². The lowest BCUT2D eigenvalue weighted by atomic mass is 10.2. The molecule has 0 saturated heterocycles. The highest BCUT2D eigenvalue weighted by molar-refractivity contribution is 5.80. The maximum atomic E-state index is 11.2. The van der Waals surface area contributed by atoms with E-state index in [1.807, 2.05) is 37.3 Å². The lowest BCUT2D eigenvalue weighted by Crippen LogP contribution is -2.28. The summed E-state index contributed by atoms with van der Waals surface area (Å²) in [6.45, 7) is 8.83. The van der Waals surface area contributed by atoms with Crippen LogP contribution in [0, 0.1) is 6.92 Å². The van der Waals surface area contributed by atoms with Crippen LogP contribution in [0.4, 0.5) is 16.3 Å². The number of aromatic nitrogens is 1. The van der Waals surface area contributed by atoms with Crippen molar-refractivity contribution in [3.05, 3.63) is 47.5 Å². The molecular formula is C23H33N5O3. The SMILES string of the molecule is CCCN(CCC)c1cc(N/N=C/c2cccc(C)c2)nc(OCCNC(=O)OC)c1. The monoisotopic (exact) mass is 427 g/mol. The van der Waals surface area contributed by atoms with Gasteiger partial charge in [0.05, 0.1) is 19.9 Å². The predicted octanol–water partition coefficient (Wildman–Crippen LogP) is 4.20. The molecule has 0 saturated carbocycles. The first-order valence-electron chi connectivity index (χ1n) is 10.6. The summed E-state index contributed by atoms with van der Waals surface area (Å²) in [4.78, 5) is 18.0. The number of ether oxygens (including phenoxy) is 2. The number of anilines is 2. The number of nitrogens with zero attached hydrogens (tertiary/aromatic N) is 3. The van der Waals surface area contributed by atoms with Crippen molar-refractivity contribution >= 4 is 23.8 Å². The summed E-state index contributed by atoms with van der Waals surface area (Å²) in [5, 5.41) is 6.92. The number of pyridine rings is 1. The topological polar surface area (TPSA) is 88.1 Å². The number of carbonyl (C=O) groups excluding carboxylic acids is 1. The smallest absolute Gasteiger partial charge is 0.406 e. The van der Waals surface area contributed by atoms with Gasteiger partial charge in [-0.15, -0.1) is 0 Å². The maximum Gasteiger partial charge on any atom is 0.406 e. The minimum Gasteiger partial charge on any atom is -0.476 e. The van der Waals surface area contributed by atoms with Crippen molar-refractivity contribution in [2.45, 2.75) is 33.6 Å². The summed E-state index contributed by atoms with van der Waals surface area (Å²) in [5.41, 5.74) is 6.21. The summed E-state index contributed by atoms with van der Waals surface area (Å²) < 4.78 is 10.3. The van der Waals surface area contributed by atoms with Gasteiger partial charge in [-0.05, 0) is 25.3 Å². The van der Waals surface area contributed by atoms with Crippen molar-refractivity contribution < 1.29 is 14.3 Å². The van der Waals surface area contributed by atoms with Gasteiger partial charge in [-0.1, -0.05) is 43.7 Å². The first-order chi connectivity index (χ1) is 15.0. The van der Waals surface area contributed by atoms with Crippen LogP contribution in [0.5, 0.6) is 5.88 Å². The molecule has 0 bridgehead atoms. The lowest BCUT2D eigenvalue weighted by molar-refractivity contribution is 0.168. The van der Waals surface area contributed by atoms with Gasteiger partial charge in [-0.25, -0.2) is 4.79 Å². The second kappa shape index (κ2) is 13.1. The van der Waals surface area contributed by atoms with E-state index in [2.05, 4.69) is 50.4 Å².